The Hall–Kier alpha value is -2.60. The van der Waals surface area contributed by atoms with Gasteiger partial charge in [-0.2, -0.15) is 0 Å². The number of oxime groups is 1. The fourth-order valence-electron chi connectivity index (χ4n) is 2.04. The third kappa shape index (κ3) is 4.23. The number of hydrogen-bond acceptors (Lipinski definition) is 4. The van der Waals surface area contributed by atoms with Gasteiger partial charge >= 0.3 is 0 Å². The summed E-state index contributed by atoms with van der Waals surface area (Å²) in [4.78, 5) is 8.80. The Labute approximate surface area is 144 Å². The van der Waals surface area contributed by atoms with Gasteiger partial charge in [0.1, 0.15) is 31.1 Å². The van der Waals surface area contributed by atoms with Crippen molar-refractivity contribution in [3.63, 3.8) is 0 Å². The number of amidine groups is 1. The zero-order valence-corrected chi connectivity index (χ0v) is 14.0. The highest BCUT2D eigenvalue weighted by atomic mass is 35.5. The Balaban J connectivity index is 2.28. The minimum atomic E-state index is -0.495. The van der Waals surface area contributed by atoms with Gasteiger partial charge in [0, 0.05) is 18.7 Å². The van der Waals surface area contributed by atoms with Gasteiger partial charge in [-0.25, -0.2) is 4.39 Å². The fraction of sp³-hybridized carbons (Fsp3) is 0.176. The maximum atomic E-state index is 13.2. The zero-order chi connectivity index (χ0) is 17.5. The smallest absolute Gasteiger partial charge is 0.152 e. The molecule has 0 aliphatic carbocycles. The molecule has 24 heavy (non-hydrogen) atoms. The summed E-state index contributed by atoms with van der Waals surface area (Å²) in [6, 6.07) is 11.6. The van der Waals surface area contributed by atoms with Crippen molar-refractivity contribution in [2.75, 3.05) is 14.2 Å². The Morgan fingerprint density at radius 2 is 2.00 bits per heavy atom. The van der Waals surface area contributed by atoms with Gasteiger partial charge in [0.15, 0.2) is 5.71 Å². The number of benzene rings is 2. The van der Waals surface area contributed by atoms with Crippen LogP contribution >= 0.6 is 11.6 Å². The number of rotatable bonds is 6. The number of hydrogen-bond donors (Lipinski definition) is 1. The molecule has 0 radical (unpaired) electrons. The van der Waals surface area contributed by atoms with Crippen LogP contribution in [0.1, 0.15) is 11.1 Å². The number of nitrogens with zero attached hydrogens (tertiary/aromatic N) is 2. The summed E-state index contributed by atoms with van der Waals surface area (Å²) in [5, 5.41) is 3.95. The number of halogens is 2. The van der Waals surface area contributed by atoms with E-state index in [1.165, 1.54) is 25.3 Å². The summed E-state index contributed by atoms with van der Waals surface area (Å²) < 4.78 is 18.9. The van der Waals surface area contributed by atoms with Crippen LogP contribution in [0.3, 0.4) is 0 Å². The van der Waals surface area contributed by atoms with Gasteiger partial charge in [0.05, 0.1) is 5.02 Å². The molecule has 0 unspecified atom stereocenters. The van der Waals surface area contributed by atoms with Gasteiger partial charge in [-0.1, -0.05) is 41.0 Å². The molecule has 7 heteroatoms. The number of ether oxygens (including phenoxy) is 1. The fourth-order valence-corrected chi connectivity index (χ4v) is 2.21. The molecular weight excluding hydrogens is 333 g/mol. The summed E-state index contributed by atoms with van der Waals surface area (Å²) in [5.41, 5.74) is 7.85. The predicted octanol–water partition coefficient (Wildman–Crippen LogP) is 3.40. The quantitative estimate of drug-likeness (QED) is 0.493. The Kier molecular flexibility index (Phi) is 6.14. The minimum absolute atomic E-state index is 0.00443. The molecule has 2 aromatic carbocycles. The molecular formula is C17H17ClFN3O2. The second-order valence-corrected chi connectivity index (χ2v) is 5.16. The Bertz CT molecular complexity index is 778. The van der Waals surface area contributed by atoms with E-state index < -0.39 is 5.82 Å². The van der Waals surface area contributed by atoms with Crippen LogP contribution in [0, 0.1) is 5.82 Å². The summed E-state index contributed by atoms with van der Waals surface area (Å²) in [5.74, 6) is 0.207. The molecule has 2 rings (SSSR count). The number of nitrogens with two attached hydrogens (primary N) is 1. The average Bonchev–Trinajstić information content (AvgIpc) is 2.60. The molecule has 5 nitrogen and oxygen atoms in total. The lowest BCUT2D eigenvalue weighted by molar-refractivity contribution is 0.214. The van der Waals surface area contributed by atoms with Gasteiger partial charge in [-0.15, -0.1) is 0 Å². The van der Waals surface area contributed by atoms with Crippen molar-refractivity contribution in [2.24, 2.45) is 15.9 Å². The van der Waals surface area contributed by atoms with Crippen LogP contribution < -0.4 is 10.5 Å². The molecule has 0 saturated heterocycles. The van der Waals surface area contributed by atoms with Crippen molar-refractivity contribution in [3.05, 3.63) is 64.4 Å². The van der Waals surface area contributed by atoms with E-state index in [4.69, 9.17) is 26.9 Å². The normalized spacial score (nSPS) is 12.2. The van der Waals surface area contributed by atoms with E-state index in [0.717, 1.165) is 11.1 Å². The van der Waals surface area contributed by atoms with E-state index in [1.807, 2.05) is 24.3 Å². The highest BCUT2D eigenvalue weighted by Gasteiger charge is 2.14. The molecule has 0 spiro atoms. The molecule has 0 atom stereocenters. The first-order valence-corrected chi connectivity index (χ1v) is 7.44. The average molecular weight is 350 g/mol. The van der Waals surface area contributed by atoms with Crippen molar-refractivity contribution in [1.82, 2.24) is 0 Å². The molecule has 0 bridgehead atoms. The minimum Gasteiger partial charge on any atom is -0.489 e. The highest BCUT2D eigenvalue weighted by molar-refractivity contribution is 6.47. The van der Waals surface area contributed by atoms with Crippen LogP contribution in [0.15, 0.2) is 52.6 Å². The van der Waals surface area contributed by atoms with E-state index in [1.54, 1.807) is 7.05 Å². The second kappa shape index (κ2) is 8.31. The third-order valence-corrected chi connectivity index (χ3v) is 3.51. The molecule has 126 valence electrons. The molecule has 2 N–H and O–H groups in total. The largest absolute Gasteiger partial charge is 0.489 e. The molecule has 0 amide bonds. The Morgan fingerprint density at radius 3 is 2.67 bits per heavy atom. The first-order chi connectivity index (χ1) is 11.6. The molecule has 0 heterocycles. The third-order valence-electron chi connectivity index (χ3n) is 3.22. The lowest BCUT2D eigenvalue weighted by atomic mass is 10.0. The van der Waals surface area contributed by atoms with Crippen molar-refractivity contribution in [3.8, 4) is 5.75 Å². The molecule has 0 aromatic heterocycles. The standard InChI is InChI=1S/C17H17ClFN3O2/c1-21-17(20)16(22-23-2)13-6-4-3-5-11(13)10-24-12-7-8-15(19)14(18)9-12/h3-9H,10H2,1-2H3,(H2,20,21). The Morgan fingerprint density at radius 1 is 1.25 bits per heavy atom. The summed E-state index contributed by atoms with van der Waals surface area (Å²) >= 11 is 5.76. The molecule has 0 fully saturated rings. The van der Waals surface area contributed by atoms with Crippen LogP contribution in [-0.4, -0.2) is 25.7 Å². The maximum absolute atomic E-state index is 13.2. The monoisotopic (exact) mass is 349 g/mol. The maximum Gasteiger partial charge on any atom is 0.152 e. The topological polar surface area (TPSA) is 69.2 Å². The summed E-state index contributed by atoms with van der Waals surface area (Å²) in [6.07, 6.45) is 0. The lowest BCUT2D eigenvalue weighted by Gasteiger charge is -2.12. The van der Waals surface area contributed by atoms with Gasteiger partial charge < -0.3 is 15.3 Å². The predicted molar refractivity (Wildman–Crippen MR) is 93.3 cm³/mol. The van der Waals surface area contributed by atoms with E-state index in [2.05, 4.69) is 10.1 Å². The molecule has 2 aromatic rings. The first kappa shape index (κ1) is 17.7. The van der Waals surface area contributed by atoms with Gasteiger partial charge in [0.2, 0.25) is 0 Å². The first-order valence-electron chi connectivity index (χ1n) is 7.06. The lowest BCUT2D eigenvalue weighted by Crippen LogP contribution is -2.26. The van der Waals surface area contributed by atoms with Crippen molar-refractivity contribution < 1.29 is 14.0 Å². The summed E-state index contributed by atoms with van der Waals surface area (Å²) in [6.45, 7) is 0.220. The summed E-state index contributed by atoms with van der Waals surface area (Å²) in [7, 11) is 3.00. The van der Waals surface area contributed by atoms with Gasteiger partial charge in [0.25, 0.3) is 0 Å². The second-order valence-electron chi connectivity index (χ2n) is 4.75. The van der Waals surface area contributed by atoms with Crippen molar-refractivity contribution in [2.45, 2.75) is 6.61 Å². The molecule has 0 aliphatic heterocycles. The van der Waals surface area contributed by atoms with Crippen LogP contribution in [0.5, 0.6) is 5.75 Å². The van der Waals surface area contributed by atoms with Crippen LogP contribution in [0.2, 0.25) is 5.02 Å². The molecule has 0 saturated carbocycles. The van der Waals surface area contributed by atoms with Crippen molar-refractivity contribution in [1.29, 1.82) is 0 Å². The van der Waals surface area contributed by atoms with Crippen LogP contribution in [-0.2, 0) is 11.4 Å². The van der Waals surface area contributed by atoms with Gasteiger partial charge in [-0.3, -0.25) is 4.99 Å². The van der Waals surface area contributed by atoms with Crippen LogP contribution in [0.25, 0.3) is 0 Å². The highest BCUT2D eigenvalue weighted by Crippen LogP contribution is 2.22. The van der Waals surface area contributed by atoms with Gasteiger partial charge in [-0.05, 0) is 17.7 Å². The van der Waals surface area contributed by atoms with E-state index in [9.17, 15) is 4.39 Å². The van der Waals surface area contributed by atoms with Crippen LogP contribution in [0.4, 0.5) is 4.39 Å². The van der Waals surface area contributed by atoms with Crippen molar-refractivity contribution >= 4 is 23.1 Å². The van der Waals surface area contributed by atoms with E-state index >= 15 is 0 Å². The molecule has 0 aliphatic rings. The zero-order valence-electron chi connectivity index (χ0n) is 13.3. The number of aliphatic imine (C=N–C) groups is 1. The SMILES string of the molecule is CN=C(N)C(=NOC)c1ccccc1COc1ccc(F)c(Cl)c1. The van der Waals surface area contributed by atoms with E-state index in [-0.39, 0.29) is 17.5 Å². The van der Waals surface area contributed by atoms with E-state index in [0.29, 0.717) is 11.5 Å².